The van der Waals surface area contributed by atoms with E-state index in [1.165, 1.54) is 77.0 Å². The quantitative estimate of drug-likeness (QED) is 0.246. The fraction of sp³-hybridized carbons (Fsp3) is 1.00. The van der Waals surface area contributed by atoms with Crippen LogP contribution in [0.2, 0.25) is 0 Å². The van der Waals surface area contributed by atoms with Crippen molar-refractivity contribution in [3.63, 3.8) is 0 Å². The summed E-state index contributed by atoms with van der Waals surface area (Å²) in [4.78, 5) is 0. The molecule has 5 heteroatoms. The largest absolute Gasteiger partial charge is 0.330 e. The molecule has 0 unspecified atom stereocenters. The van der Waals surface area contributed by atoms with Crippen LogP contribution in [-0.2, 0) is 10.0 Å². The van der Waals surface area contributed by atoms with Crippen molar-refractivity contribution >= 4 is 10.0 Å². The van der Waals surface area contributed by atoms with E-state index < -0.39 is 10.0 Å². The Balaban J connectivity index is 3.34. The summed E-state index contributed by atoms with van der Waals surface area (Å²) >= 11 is 0. The Morgan fingerprint density at radius 2 is 1.04 bits per heavy atom. The molecule has 1 N–H and O–H groups in total. The van der Waals surface area contributed by atoms with Gasteiger partial charge in [0.1, 0.15) is 0 Å². The number of hydrogen-bond donors (Lipinski definition) is 1. The van der Waals surface area contributed by atoms with Crippen LogP contribution < -0.4 is 4.72 Å². The molecule has 0 saturated carbocycles. The molecule has 0 spiro atoms. The predicted molar refractivity (Wildman–Crippen MR) is 115 cm³/mol. The van der Waals surface area contributed by atoms with Gasteiger partial charge in [0, 0.05) is 0 Å². The lowest BCUT2D eigenvalue weighted by Crippen LogP contribution is -2.42. The zero-order valence-electron chi connectivity index (χ0n) is 18.2. The highest BCUT2D eigenvalue weighted by atomic mass is 32.2. The summed E-state index contributed by atoms with van der Waals surface area (Å²) in [6.45, 7) is 3.62. The van der Waals surface area contributed by atoms with Crippen LogP contribution in [0.15, 0.2) is 0 Å². The summed E-state index contributed by atoms with van der Waals surface area (Å²) in [5.74, 6) is 0.280. The van der Waals surface area contributed by atoms with E-state index in [0.717, 1.165) is 23.9 Å². The zero-order chi connectivity index (χ0) is 19.7. The Hall–Kier alpha value is -0.130. The van der Waals surface area contributed by atoms with E-state index in [9.17, 15) is 8.42 Å². The van der Waals surface area contributed by atoms with E-state index in [0.29, 0.717) is 6.54 Å². The number of hydrogen-bond acceptors (Lipinski definition) is 2. The van der Waals surface area contributed by atoms with Crippen LogP contribution >= 0.6 is 0 Å². The molecule has 0 saturated heterocycles. The van der Waals surface area contributed by atoms with Crippen LogP contribution in [0.5, 0.6) is 0 Å². The van der Waals surface area contributed by atoms with Crippen molar-refractivity contribution in [1.29, 1.82) is 0 Å². The lowest BCUT2D eigenvalue weighted by molar-refractivity contribution is -0.869. The molecule has 158 valence electrons. The second-order valence-corrected chi connectivity index (χ2v) is 10.7. The van der Waals surface area contributed by atoms with E-state index >= 15 is 0 Å². The normalized spacial score (nSPS) is 12.6. The lowest BCUT2D eigenvalue weighted by atomic mass is 10.0. The highest BCUT2D eigenvalue weighted by Crippen LogP contribution is 2.13. The topological polar surface area (TPSA) is 46.2 Å². The smallest absolute Gasteiger partial charge is 0.211 e. The molecule has 0 radical (unpaired) electrons. The SMILES string of the molecule is CCCCCCCCCCCCCCCCS(=O)(=O)NCC[N+](C)(C)C. The lowest BCUT2D eigenvalue weighted by Gasteiger charge is -2.23. The number of likely N-dealkylation sites (N-methyl/N-ethyl adjacent to an activating group) is 1. The third-order valence-electron chi connectivity index (χ3n) is 4.87. The molecule has 0 aliphatic heterocycles. The summed E-state index contributed by atoms with van der Waals surface area (Å²) in [5, 5.41) is 0. The van der Waals surface area contributed by atoms with E-state index in [1.54, 1.807) is 0 Å². The van der Waals surface area contributed by atoms with Gasteiger partial charge in [-0.3, -0.25) is 0 Å². The van der Waals surface area contributed by atoms with Gasteiger partial charge in [0.15, 0.2) is 0 Å². The van der Waals surface area contributed by atoms with Crippen molar-refractivity contribution in [1.82, 2.24) is 4.72 Å². The Kier molecular flexibility index (Phi) is 15.8. The first kappa shape index (κ1) is 25.9. The van der Waals surface area contributed by atoms with Crippen LogP contribution in [0.4, 0.5) is 0 Å². The molecule has 4 nitrogen and oxygen atoms in total. The first-order valence-electron chi connectivity index (χ1n) is 11.0. The number of rotatable bonds is 19. The molecule has 0 heterocycles. The van der Waals surface area contributed by atoms with E-state index in [4.69, 9.17) is 0 Å². The molecule has 0 aromatic carbocycles. The molecule has 0 rings (SSSR count). The number of nitrogens with one attached hydrogen (secondary N) is 1. The second kappa shape index (κ2) is 15.9. The third-order valence-corrected chi connectivity index (χ3v) is 6.34. The third kappa shape index (κ3) is 20.2. The van der Waals surface area contributed by atoms with Crippen molar-refractivity contribution < 1.29 is 12.9 Å². The Morgan fingerprint density at radius 1 is 0.654 bits per heavy atom. The monoisotopic (exact) mass is 391 g/mol. The van der Waals surface area contributed by atoms with Crippen molar-refractivity contribution in [2.24, 2.45) is 0 Å². The minimum Gasteiger partial charge on any atom is -0.330 e. The van der Waals surface area contributed by atoms with Crippen molar-refractivity contribution in [3.05, 3.63) is 0 Å². The molecule has 0 amide bonds. The minimum absolute atomic E-state index is 0.280. The summed E-state index contributed by atoms with van der Waals surface area (Å²) in [7, 11) is 3.13. The van der Waals surface area contributed by atoms with E-state index in [-0.39, 0.29) is 5.75 Å². The standard InChI is InChI=1S/C21H47N2O2S/c1-5-6-7-8-9-10-11-12-13-14-15-16-17-18-21-26(24,25)22-19-20-23(2,3)4/h22H,5-21H2,1-4H3/q+1. The van der Waals surface area contributed by atoms with Gasteiger partial charge in [-0.25, -0.2) is 13.1 Å². The number of quaternary nitrogens is 1. The van der Waals surface area contributed by atoms with Gasteiger partial charge in [-0.1, -0.05) is 90.4 Å². The first-order valence-corrected chi connectivity index (χ1v) is 12.7. The van der Waals surface area contributed by atoms with Gasteiger partial charge >= 0.3 is 0 Å². The maximum Gasteiger partial charge on any atom is 0.211 e. The van der Waals surface area contributed by atoms with Gasteiger partial charge < -0.3 is 4.48 Å². The number of unbranched alkanes of at least 4 members (excludes halogenated alkanes) is 13. The van der Waals surface area contributed by atoms with Crippen LogP contribution in [0.25, 0.3) is 0 Å². The first-order chi connectivity index (χ1) is 12.3. The molecule has 0 bridgehead atoms. The average Bonchev–Trinajstić information content (AvgIpc) is 2.53. The van der Waals surface area contributed by atoms with Crippen LogP contribution in [0.1, 0.15) is 96.8 Å². The molecular weight excluding hydrogens is 344 g/mol. The molecule has 0 aromatic heterocycles. The summed E-state index contributed by atoms with van der Waals surface area (Å²) in [6.07, 6.45) is 18.1. The van der Waals surface area contributed by atoms with Gasteiger partial charge in [0.05, 0.1) is 40.0 Å². The molecule has 0 aliphatic carbocycles. The van der Waals surface area contributed by atoms with E-state index in [1.807, 2.05) is 0 Å². The van der Waals surface area contributed by atoms with Crippen molar-refractivity contribution in [2.45, 2.75) is 96.8 Å². The van der Waals surface area contributed by atoms with Crippen LogP contribution in [0, 0.1) is 0 Å². The van der Waals surface area contributed by atoms with Crippen LogP contribution in [-0.4, -0.2) is 52.9 Å². The summed E-state index contributed by atoms with van der Waals surface area (Å²) in [5.41, 5.74) is 0. The number of nitrogens with zero attached hydrogens (tertiary/aromatic N) is 1. The highest BCUT2D eigenvalue weighted by Gasteiger charge is 2.12. The number of sulfonamides is 1. The Morgan fingerprint density at radius 3 is 1.42 bits per heavy atom. The molecule has 0 aliphatic rings. The van der Waals surface area contributed by atoms with Crippen molar-refractivity contribution in [3.8, 4) is 0 Å². The zero-order valence-corrected chi connectivity index (χ0v) is 19.0. The second-order valence-electron chi connectivity index (χ2n) is 8.82. The minimum atomic E-state index is -3.08. The van der Waals surface area contributed by atoms with E-state index in [2.05, 4.69) is 32.8 Å². The molecular formula is C21H47N2O2S+. The molecule has 0 atom stereocenters. The fourth-order valence-electron chi connectivity index (χ4n) is 3.10. The molecule has 0 aromatic rings. The maximum absolute atomic E-state index is 11.9. The fourth-order valence-corrected chi connectivity index (χ4v) is 4.23. The average molecular weight is 392 g/mol. The van der Waals surface area contributed by atoms with Gasteiger partial charge in [-0.05, 0) is 6.42 Å². The molecule has 0 fully saturated rings. The van der Waals surface area contributed by atoms with Gasteiger partial charge in [0.2, 0.25) is 10.0 Å². The van der Waals surface area contributed by atoms with Gasteiger partial charge in [-0.2, -0.15) is 0 Å². The summed E-state index contributed by atoms with van der Waals surface area (Å²) < 4.78 is 27.3. The van der Waals surface area contributed by atoms with Crippen LogP contribution in [0.3, 0.4) is 0 Å². The predicted octanol–water partition coefficient (Wildman–Crippen LogP) is 5.09. The Bertz CT molecular complexity index is 403. The van der Waals surface area contributed by atoms with Crippen molar-refractivity contribution in [2.75, 3.05) is 40.0 Å². The summed E-state index contributed by atoms with van der Waals surface area (Å²) in [6, 6.07) is 0. The Labute approximate surface area is 164 Å². The van der Waals surface area contributed by atoms with Gasteiger partial charge in [-0.15, -0.1) is 0 Å². The highest BCUT2D eigenvalue weighted by molar-refractivity contribution is 7.89. The maximum atomic E-state index is 11.9. The molecule has 26 heavy (non-hydrogen) atoms. The van der Waals surface area contributed by atoms with Gasteiger partial charge in [0.25, 0.3) is 0 Å².